The Hall–Kier alpha value is -2.34. The lowest BCUT2D eigenvalue weighted by atomic mass is 10.2. The van der Waals surface area contributed by atoms with Gasteiger partial charge in [-0.3, -0.25) is 9.48 Å². The van der Waals surface area contributed by atoms with Crippen LogP contribution in [-0.4, -0.2) is 35.0 Å². The summed E-state index contributed by atoms with van der Waals surface area (Å²) in [6.07, 6.45) is 7.31. The lowest BCUT2D eigenvalue weighted by molar-refractivity contribution is -0.121. The number of aromatic nitrogens is 2. The van der Waals surface area contributed by atoms with Gasteiger partial charge in [0, 0.05) is 32.8 Å². The molecule has 1 fully saturated rings. The molecule has 2 heterocycles. The van der Waals surface area contributed by atoms with E-state index in [0.29, 0.717) is 26.0 Å². The minimum atomic E-state index is 0.0440. The number of ether oxygens (including phenoxy) is 2. The summed E-state index contributed by atoms with van der Waals surface area (Å²) in [6.45, 7) is 1.97. The van der Waals surface area contributed by atoms with Crippen molar-refractivity contribution < 1.29 is 14.3 Å². The maximum atomic E-state index is 11.9. The van der Waals surface area contributed by atoms with Crippen LogP contribution < -0.4 is 10.1 Å². The van der Waals surface area contributed by atoms with Crippen LogP contribution in [0.25, 0.3) is 0 Å². The number of benzene rings is 1. The van der Waals surface area contributed by atoms with Crippen molar-refractivity contribution in [2.45, 2.75) is 38.3 Å². The van der Waals surface area contributed by atoms with Crippen molar-refractivity contribution in [3.63, 3.8) is 0 Å². The van der Waals surface area contributed by atoms with E-state index in [4.69, 9.17) is 9.47 Å². The average Bonchev–Trinajstić information content (AvgIpc) is 3.29. The lowest BCUT2D eigenvalue weighted by Gasteiger charge is -2.12. The molecule has 1 atom stereocenters. The van der Waals surface area contributed by atoms with Crippen LogP contribution in [0.2, 0.25) is 0 Å². The number of nitrogens with one attached hydrogen (secondary N) is 1. The molecule has 0 bridgehead atoms. The normalized spacial score (nSPS) is 16.8. The maximum absolute atomic E-state index is 11.9. The molecule has 25 heavy (non-hydrogen) atoms. The van der Waals surface area contributed by atoms with E-state index in [1.165, 1.54) is 0 Å². The topological polar surface area (TPSA) is 65.4 Å². The first-order valence-corrected chi connectivity index (χ1v) is 8.76. The fraction of sp³-hybridized carbons (Fsp3) is 0.474. The van der Waals surface area contributed by atoms with Gasteiger partial charge in [0.15, 0.2) is 0 Å². The summed E-state index contributed by atoms with van der Waals surface area (Å²) in [4.78, 5) is 11.9. The number of carbonyl (C=O) groups is 1. The highest BCUT2D eigenvalue weighted by Crippen LogP contribution is 2.16. The minimum absolute atomic E-state index is 0.0440. The van der Waals surface area contributed by atoms with Crippen LogP contribution in [0.3, 0.4) is 0 Å². The number of carbonyl (C=O) groups excluding carboxylic acids is 1. The summed E-state index contributed by atoms with van der Waals surface area (Å²) in [5.41, 5.74) is 2.13. The second-order valence-electron chi connectivity index (χ2n) is 6.39. The quantitative estimate of drug-likeness (QED) is 0.798. The molecule has 1 amide bonds. The van der Waals surface area contributed by atoms with Gasteiger partial charge in [0.2, 0.25) is 5.91 Å². The fourth-order valence-corrected chi connectivity index (χ4v) is 2.82. The Balaban J connectivity index is 1.36. The van der Waals surface area contributed by atoms with Gasteiger partial charge in [0.25, 0.3) is 0 Å². The van der Waals surface area contributed by atoms with Crippen molar-refractivity contribution in [2.24, 2.45) is 7.05 Å². The van der Waals surface area contributed by atoms with Crippen molar-refractivity contribution in [1.29, 1.82) is 0 Å². The van der Waals surface area contributed by atoms with Gasteiger partial charge in [0.05, 0.1) is 12.3 Å². The van der Waals surface area contributed by atoms with E-state index >= 15 is 0 Å². The highest BCUT2D eigenvalue weighted by Gasteiger charge is 2.15. The summed E-state index contributed by atoms with van der Waals surface area (Å²) in [6, 6.07) is 7.83. The van der Waals surface area contributed by atoms with E-state index in [1.54, 1.807) is 10.9 Å². The number of amides is 1. The Labute approximate surface area is 148 Å². The SMILES string of the molecule is Cn1cc(CCC(=O)NCc2ccc(OC[C@H]3CCCO3)cc2)cn1. The van der Waals surface area contributed by atoms with Crippen molar-refractivity contribution in [3.8, 4) is 5.75 Å². The average molecular weight is 343 g/mol. The molecular formula is C19H25N3O3. The number of nitrogens with zero attached hydrogens (tertiary/aromatic N) is 2. The van der Waals surface area contributed by atoms with Crippen LogP contribution in [0.5, 0.6) is 5.75 Å². The first-order valence-electron chi connectivity index (χ1n) is 8.76. The van der Waals surface area contributed by atoms with E-state index in [9.17, 15) is 4.79 Å². The van der Waals surface area contributed by atoms with Crippen molar-refractivity contribution in [2.75, 3.05) is 13.2 Å². The zero-order valence-corrected chi connectivity index (χ0v) is 14.6. The molecule has 6 heteroatoms. The summed E-state index contributed by atoms with van der Waals surface area (Å²) in [7, 11) is 1.87. The van der Waals surface area contributed by atoms with Gasteiger partial charge >= 0.3 is 0 Å². The largest absolute Gasteiger partial charge is 0.491 e. The fourth-order valence-electron chi connectivity index (χ4n) is 2.82. The van der Waals surface area contributed by atoms with Gasteiger partial charge in [-0.05, 0) is 42.5 Å². The molecule has 1 N–H and O–H groups in total. The number of hydrogen-bond donors (Lipinski definition) is 1. The standard InChI is InChI=1S/C19H25N3O3/c1-22-13-16(12-21-22)6-9-19(23)20-11-15-4-7-17(8-5-15)25-14-18-3-2-10-24-18/h4-5,7-8,12-13,18H,2-3,6,9-11,14H2,1H3,(H,20,23)/t18-/m1/s1. The Morgan fingerprint density at radius 3 is 2.88 bits per heavy atom. The Kier molecular flexibility index (Phi) is 6.06. The summed E-state index contributed by atoms with van der Waals surface area (Å²) >= 11 is 0. The van der Waals surface area contributed by atoms with Crippen LogP contribution in [0.4, 0.5) is 0 Å². The van der Waals surface area contributed by atoms with Gasteiger partial charge in [-0.15, -0.1) is 0 Å². The van der Waals surface area contributed by atoms with Gasteiger partial charge in [-0.2, -0.15) is 5.10 Å². The third kappa shape index (κ3) is 5.60. The highest BCUT2D eigenvalue weighted by molar-refractivity contribution is 5.76. The molecule has 1 saturated heterocycles. The number of hydrogen-bond acceptors (Lipinski definition) is 4. The lowest BCUT2D eigenvalue weighted by Crippen LogP contribution is -2.22. The Bertz CT molecular complexity index is 675. The Morgan fingerprint density at radius 1 is 1.36 bits per heavy atom. The van der Waals surface area contributed by atoms with E-state index in [0.717, 1.165) is 36.3 Å². The summed E-state index contributed by atoms with van der Waals surface area (Å²) in [5, 5.41) is 7.05. The summed E-state index contributed by atoms with van der Waals surface area (Å²) in [5.74, 6) is 0.879. The van der Waals surface area contributed by atoms with E-state index < -0.39 is 0 Å². The first-order chi connectivity index (χ1) is 12.2. The second-order valence-corrected chi connectivity index (χ2v) is 6.39. The van der Waals surface area contributed by atoms with Crippen LogP contribution in [0.1, 0.15) is 30.4 Å². The van der Waals surface area contributed by atoms with E-state index in [-0.39, 0.29) is 12.0 Å². The third-order valence-corrected chi connectivity index (χ3v) is 4.27. The molecule has 1 aliphatic heterocycles. The predicted octanol–water partition coefficient (Wildman–Crippen LogP) is 2.23. The highest BCUT2D eigenvalue weighted by atomic mass is 16.5. The van der Waals surface area contributed by atoms with Crippen LogP contribution in [0.15, 0.2) is 36.7 Å². The molecule has 134 valence electrons. The number of rotatable bonds is 8. The van der Waals surface area contributed by atoms with E-state index in [2.05, 4.69) is 10.4 Å². The molecule has 3 rings (SSSR count). The molecule has 1 aliphatic rings. The monoisotopic (exact) mass is 343 g/mol. The first kappa shape index (κ1) is 17.5. The molecule has 0 saturated carbocycles. The van der Waals surface area contributed by atoms with Gasteiger partial charge in [-0.1, -0.05) is 12.1 Å². The molecule has 0 radical (unpaired) electrons. The van der Waals surface area contributed by atoms with Crippen molar-refractivity contribution in [1.82, 2.24) is 15.1 Å². The third-order valence-electron chi connectivity index (χ3n) is 4.27. The molecule has 6 nitrogen and oxygen atoms in total. The molecule has 0 aliphatic carbocycles. The van der Waals surface area contributed by atoms with Crippen LogP contribution in [-0.2, 0) is 29.5 Å². The molecule has 2 aromatic rings. The molecule has 0 unspecified atom stereocenters. The molecule has 1 aromatic carbocycles. The second kappa shape index (κ2) is 8.67. The summed E-state index contributed by atoms with van der Waals surface area (Å²) < 4.78 is 13.0. The maximum Gasteiger partial charge on any atom is 0.220 e. The predicted molar refractivity (Wildman–Crippen MR) is 94.3 cm³/mol. The van der Waals surface area contributed by atoms with Crippen molar-refractivity contribution >= 4 is 5.91 Å². The molecule has 1 aromatic heterocycles. The zero-order chi connectivity index (χ0) is 17.5. The van der Waals surface area contributed by atoms with Gasteiger partial charge in [0.1, 0.15) is 12.4 Å². The minimum Gasteiger partial charge on any atom is -0.491 e. The smallest absolute Gasteiger partial charge is 0.220 e. The Morgan fingerprint density at radius 2 is 2.20 bits per heavy atom. The van der Waals surface area contributed by atoms with Crippen molar-refractivity contribution in [3.05, 3.63) is 47.8 Å². The van der Waals surface area contributed by atoms with Crippen LogP contribution >= 0.6 is 0 Å². The molecular weight excluding hydrogens is 318 g/mol. The van der Waals surface area contributed by atoms with Gasteiger partial charge in [-0.25, -0.2) is 0 Å². The zero-order valence-electron chi connectivity index (χ0n) is 14.6. The number of aryl methyl sites for hydroxylation is 2. The van der Waals surface area contributed by atoms with Gasteiger partial charge < -0.3 is 14.8 Å². The van der Waals surface area contributed by atoms with Crippen LogP contribution in [0, 0.1) is 0 Å². The van der Waals surface area contributed by atoms with E-state index in [1.807, 2.05) is 37.5 Å². The molecule has 0 spiro atoms.